The van der Waals surface area contributed by atoms with Gasteiger partial charge in [0, 0.05) is 0 Å². The fourth-order valence-corrected chi connectivity index (χ4v) is 0.480. The fraction of sp³-hybridized carbons (Fsp3) is 0.875. The van der Waals surface area contributed by atoms with Gasteiger partial charge in [-0.15, -0.1) is 13.2 Å². The zero-order valence-corrected chi connectivity index (χ0v) is 9.57. The molecule has 0 heterocycles. The Labute approximate surface area is 88.6 Å². The minimum absolute atomic E-state index is 0. The van der Waals surface area contributed by atoms with Crippen LogP contribution >= 0.6 is 0 Å². The van der Waals surface area contributed by atoms with Gasteiger partial charge in [0.1, 0.15) is 0 Å². The van der Waals surface area contributed by atoms with Crippen molar-refractivity contribution < 1.29 is 15.0 Å². The van der Waals surface area contributed by atoms with Crippen molar-refractivity contribution in [3.8, 4) is 0 Å². The first-order chi connectivity index (χ1) is 6.10. The van der Waals surface area contributed by atoms with E-state index >= 15 is 0 Å². The molecular weight excluding hydrogens is 185 g/mol. The third kappa shape index (κ3) is 76.3. The van der Waals surface area contributed by atoms with Crippen LogP contribution in [-0.2, 0) is 4.79 Å². The molecule has 0 saturated carbocycles. The van der Waals surface area contributed by atoms with Crippen LogP contribution in [0.5, 0.6) is 0 Å². The van der Waals surface area contributed by atoms with Crippen LogP contribution in [-0.4, -0.2) is 35.4 Å². The second-order valence-corrected chi connectivity index (χ2v) is 2.51. The van der Waals surface area contributed by atoms with Crippen molar-refractivity contribution in [1.29, 1.82) is 0 Å². The van der Waals surface area contributed by atoms with Gasteiger partial charge >= 0.3 is 50.9 Å². The summed E-state index contributed by atoms with van der Waals surface area (Å²) in [5, 5.41) is 18.8. The van der Waals surface area contributed by atoms with Gasteiger partial charge in [-0.25, -0.2) is 0 Å². The van der Waals surface area contributed by atoms with Crippen LogP contribution < -0.4 is 15.9 Å². The monoisotopic (exact) mass is 203 g/mol. The predicted molar refractivity (Wildman–Crippen MR) is 50.1 cm³/mol. The van der Waals surface area contributed by atoms with Gasteiger partial charge in [-0.1, -0.05) is 13.8 Å². The van der Waals surface area contributed by atoms with Gasteiger partial charge in [-0.05, 0) is 0 Å². The van der Waals surface area contributed by atoms with Crippen LogP contribution in [0, 0.1) is 0 Å². The molecule has 0 aromatic heterocycles. The molecule has 5 heteroatoms. The molecule has 0 saturated heterocycles. The molecule has 0 radical (unpaired) electrons. The molecule has 0 spiro atoms. The van der Waals surface area contributed by atoms with E-state index in [4.69, 9.17) is 15.9 Å². The number of hydrogen-bond donors (Lipinski definition) is 1. The average molecular weight is 203 g/mol. The molecule has 0 atom stereocenters. The fourth-order valence-electron chi connectivity index (χ4n) is 0.276. The number of primary amides is 1. The van der Waals surface area contributed by atoms with Gasteiger partial charge in [0.15, 0.2) is 0 Å². The summed E-state index contributed by atoms with van der Waals surface area (Å²) in [5.41, 5.74) is 4.83. The molecule has 13 heavy (non-hydrogen) atoms. The number of amides is 1. The van der Waals surface area contributed by atoms with E-state index in [1.54, 1.807) is 13.8 Å². The molecule has 0 rings (SSSR count). The van der Waals surface area contributed by atoms with Crippen LogP contribution in [0.4, 0.5) is 0 Å². The molecule has 4 nitrogen and oxygen atoms in total. The van der Waals surface area contributed by atoms with Crippen molar-refractivity contribution in [2.45, 2.75) is 32.0 Å². The van der Waals surface area contributed by atoms with Gasteiger partial charge in [0.25, 0.3) is 0 Å². The van der Waals surface area contributed by atoms with E-state index in [9.17, 15) is 4.79 Å². The van der Waals surface area contributed by atoms with Crippen molar-refractivity contribution in [3.63, 3.8) is 0 Å². The summed E-state index contributed by atoms with van der Waals surface area (Å²) in [6.45, 7) is 3.14. The topological polar surface area (TPSA) is 89.2 Å². The summed E-state index contributed by atoms with van der Waals surface area (Å²) in [6, 6.07) is 0. The maximum absolute atomic E-state index is 9.97. The van der Waals surface area contributed by atoms with E-state index in [0.29, 0.717) is 6.42 Å². The Balaban J connectivity index is -0.000000140. The first-order valence-corrected chi connectivity index (χ1v) is 5.06. The zero-order chi connectivity index (χ0) is 11.1. The van der Waals surface area contributed by atoms with Gasteiger partial charge < -0.3 is 10.2 Å². The Morgan fingerprint density at radius 2 is 1.62 bits per heavy atom. The standard InChI is InChI=1S/C4H8NO.2C2H5O.Al/c1-2-3-4(5)6;2*1-2-3;/h1-3H2,(H2,5,6);2*2H2,1H3;/q;2*-1;+2. The van der Waals surface area contributed by atoms with Crippen molar-refractivity contribution in [1.82, 2.24) is 0 Å². The third-order valence-corrected chi connectivity index (χ3v) is 1.04. The Morgan fingerprint density at radius 3 is 1.69 bits per heavy atom. The Bertz CT molecular complexity index is 89.5. The molecule has 0 aliphatic rings. The van der Waals surface area contributed by atoms with E-state index in [-0.39, 0.29) is 19.1 Å². The van der Waals surface area contributed by atoms with Crippen LogP contribution in [0.25, 0.3) is 0 Å². The zero-order valence-electron chi connectivity index (χ0n) is 8.41. The number of carbonyl (C=O) groups excluding carboxylic acids is 1. The molecule has 76 valence electrons. The average Bonchev–Trinajstić information content (AvgIpc) is 2.04. The van der Waals surface area contributed by atoms with Gasteiger partial charge in [-0.3, -0.25) is 0 Å². The van der Waals surface area contributed by atoms with E-state index in [2.05, 4.69) is 16.3 Å². The van der Waals surface area contributed by atoms with Gasteiger partial charge in [0.05, 0.1) is 0 Å². The summed E-state index contributed by atoms with van der Waals surface area (Å²) in [6.07, 6.45) is 1.41. The summed E-state index contributed by atoms with van der Waals surface area (Å²) in [5.74, 6) is -0.206. The first kappa shape index (κ1) is 18.7. The predicted octanol–water partition coefficient (Wildman–Crippen LogP) is -1.43. The van der Waals surface area contributed by atoms with Crippen molar-refractivity contribution >= 4 is 22.2 Å². The van der Waals surface area contributed by atoms with Crippen LogP contribution in [0.3, 0.4) is 0 Å². The molecular formula is C8H18AlNO3. The Hall–Kier alpha value is -0.0775. The van der Waals surface area contributed by atoms with Crippen molar-refractivity contribution in [2.24, 2.45) is 5.73 Å². The molecule has 0 fully saturated rings. The van der Waals surface area contributed by atoms with E-state index in [0.717, 1.165) is 11.7 Å². The number of carbonyl (C=O) groups is 1. The van der Waals surface area contributed by atoms with Crippen molar-refractivity contribution in [2.75, 3.05) is 13.2 Å². The van der Waals surface area contributed by atoms with Crippen LogP contribution in [0.2, 0.25) is 5.28 Å². The molecule has 2 N–H and O–H groups in total. The second-order valence-electron chi connectivity index (χ2n) is 1.94. The normalized spacial score (nSPS) is 7.54. The van der Waals surface area contributed by atoms with E-state index in [1.165, 1.54) is 0 Å². The van der Waals surface area contributed by atoms with Crippen LogP contribution in [0.1, 0.15) is 26.7 Å². The molecule has 0 aromatic carbocycles. The first-order valence-electron chi connectivity index (χ1n) is 4.25. The Morgan fingerprint density at radius 1 is 1.31 bits per heavy atom. The summed E-state index contributed by atoms with van der Waals surface area (Å²) in [7, 11) is 0. The van der Waals surface area contributed by atoms with Gasteiger partial charge in [0.2, 0.25) is 0 Å². The maximum atomic E-state index is 9.97. The summed E-state index contributed by atoms with van der Waals surface area (Å²) in [4.78, 5) is 9.97. The SMILES string of the molecule is CC[O-].CC[O-].NC(=O)CC[CH2][Al+2]. The van der Waals surface area contributed by atoms with Gasteiger partial charge in [-0.2, -0.15) is 0 Å². The van der Waals surface area contributed by atoms with E-state index in [1.807, 2.05) is 0 Å². The second kappa shape index (κ2) is 22.7. The summed E-state index contributed by atoms with van der Waals surface area (Å²) < 4.78 is 0. The third-order valence-electron chi connectivity index (χ3n) is 0.627. The molecule has 0 aliphatic heterocycles. The van der Waals surface area contributed by atoms with Crippen LogP contribution in [0.15, 0.2) is 0 Å². The summed E-state index contributed by atoms with van der Waals surface area (Å²) >= 11 is 2.54. The molecule has 0 bridgehead atoms. The van der Waals surface area contributed by atoms with E-state index < -0.39 is 0 Å². The number of hydrogen-bond acceptors (Lipinski definition) is 3. The number of nitrogens with two attached hydrogens (primary N) is 1. The molecule has 0 aliphatic carbocycles. The molecule has 0 unspecified atom stereocenters. The minimum atomic E-state index is -0.206. The molecule has 0 aromatic rings. The Kier molecular flexibility index (Phi) is 32.5. The van der Waals surface area contributed by atoms with Crippen molar-refractivity contribution in [3.05, 3.63) is 0 Å². The quantitative estimate of drug-likeness (QED) is 0.570. The molecule has 1 amide bonds. The number of rotatable bonds is 3.